The van der Waals surface area contributed by atoms with Gasteiger partial charge in [-0.05, 0) is 43.0 Å². The molecule has 0 spiro atoms. The van der Waals surface area contributed by atoms with Crippen LogP contribution >= 0.6 is 0 Å². The zero-order valence-electron chi connectivity index (χ0n) is 10.8. The van der Waals surface area contributed by atoms with Crippen LogP contribution in [0.4, 0.5) is 0 Å². The lowest BCUT2D eigenvalue weighted by atomic mass is 9.76. The minimum absolute atomic E-state index is 0.453. The first-order valence-electron chi connectivity index (χ1n) is 5.70. The zero-order chi connectivity index (χ0) is 12.6. The van der Waals surface area contributed by atoms with E-state index in [0.717, 1.165) is 28.0 Å². The van der Waals surface area contributed by atoms with Crippen molar-refractivity contribution in [2.45, 2.75) is 26.2 Å². The predicted octanol–water partition coefficient (Wildman–Crippen LogP) is 2.41. The molecular formula is C14H17NO2. The molecule has 0 unspecified atom stereocenters. The lowest BCUT2D eigenvalue weighted by molar-refractivity contribution is -0.0301. The van der Waals surface area contributed by atoms with Crippen LogP contribution in [0.2, 0.25) is 0 Å². The fraction of sp³-hybridized carbons (Fsp3) is 0.500. The van der Waals surface area contributed by atoms with E-state index in [1.165, 1.54) is 0 Å². The van der Waals surface area contributed by atoms with E-state index in [-0.39, 0.29) is 0 Å². The van der Waals surface area contributed by atoms with Crippen molar-refractivity contribution in [2.24, 2.45) is 0 Å². The highest BCUT2D eigenvalue weighted by Gasteiger charge is 2.42. The van der Waals surface area contributed by atoms with Crippen molar-refractivity contribution in [2.75, 3.05) is 20.3 Å². The van der Waals surface area contributed by atoms with Crippen LogP contribution in [0.5, 0.6) is 5.75 Å². The molecular weight excluding hydrogens is 214 g/mol. The molecule has 17 heavy (non-hydrogen) atoms. The van der Waals surface area contributed by atoms with Gasteiger partial charge < -0.3 is 9.47 Å². The third kappa shape index (κ3) is 1.60. The van der Waals surface area contributed by atoms with Crippen molar-refractivity contribution in [3.8, 4) is 11.8 Å². The number of hydrogen-bond acceptors (Lipinski definition) is 3. The van der Waals surface area contributed by atoms with E-state index in [9.17, 15) is 5.26 Å². The summed E-state index contributed by atoms with van der Waals surface area (Å²) < 4.78 is 10.6. The Labute approximate surface area is 102 Å². The van der Waals surface area contributed by atoms with E-state index in [2.05, 4.69) is 12.1 Å². The number of rotatable bonds is 2. The molecule has 0 bridgehead atoms. The van der Waals surface area contributed by atoms with Gasteiger partial charge in [-0.3, -0.25) is 0 Å². The van der Waals surface area contributed by atoms with Crippen LogP contribution in [0, 0.1) is 32.1 Å². The van der Waals surface area contributed by atoms with Gasteiger partial charge in [0.05, 0.1) is 26.4 Å². The lowest BCUT2D eigenvalue weighted by Gasteiger charge is -2.37. The van der Waals surface area contributed by atoms with Crippen LogP contribution in [-0.4, -0.2) is 20.3 Å². The van der Waals surface area contributed by atoms with Crippen LogP contribution in [0.25, 0.3) is 0 Å². The molecule has 1 aliphatic rings. The molecule has 0 saturated carbocycles. The highest BCUT2D eigenvalue weighted by molar-refractivity contribution is 5.53. The number of nitrogens with zero attached hydrogens (tertiary/aromatic N) is 1. The fourth-order valence-corrected chi connectivity index (χ4v) is 2.46. The largest absolute Gasteiger partial charge is 0.496 e. The monoisotopic (exact) mass is 231 g/mol. The first-order valence-corrected chi connectivity index (χ1v) is 5.70. The quantitative estimate of drug-likeness (QED) is 0.785. The van der Waals surface area contributed by atoms with Crippen LogP contribution < -0.4 is 4.74 Å². The van der Waals surface area contributed by atoms with Gasteiger partial charge in [-0.25, -0.2) is 0 Å². The van der Waals surface area contributed by atoms with Crippen LogP contribution in [0.3, 0.4) is 0 Å². The molecule has 1 heterocycles. The minimum Gasteiger partial charge on any atom is -0.496 e. The summed E-state index contributed by atoms with van der Waals surface area (Å²) in [5, 5.41) is 9.36. The zero-order valence-corrected chi connectivity index (χ0v) is 10.8. The summed E-state index contributed by atoms with van der Waals surface area (Å²) in [7, 11) is 1.68. The summed E-state index contributed by atoms with van der Waals surface area (Å²) >= 11 is 0. The standard InChI is InChI=1S/C14H17NO2/c1-9-5-12(14(6-15)7-17-8-14)10(2)11(3)13(9)16-4/h5H,7-8H2,1-4H3. The third-order valence-corrected chi connectivity index (χ3v) is 3.66. The first kappa shape index (κ1) is 11.9. The van der Waals surface area contributed by atoms with Crippen molar-refractivity contribution >= 4 is 0 Å². The molecule has 90 valence electrons. The molecule has 3 nitrogen and oxygen atoms in total. The number of methoxy groups -OCH3 is 1. The maximum Gasteiger partial charge on any atom is 0.129 e. The lowest BCUT2D eigenvalue weighted by Crippen LogP contribution is -2.46. The van der Waals surface area contributed by atoms with Gasteiger partial charge in [-0.2, -0.15) is 5.26 Å². The molecule has 0 amide bonds. The summed E-state index contributed by atoms with van der Waals surface area (Å²) in [6.07, 6.45) is 0. The Kier molecular flexibility index (Phi) is 2.84. The van der Waals surface area contributed by atoms with Crippen LogP contribution in [0.1, 0.15) is 22.3 Å². The van der Waals surface area contributed by atoms with Gasteiger partial charge in [-0.1, -0.05) is 6.07 Å². The van der Waals surface area contributed by atoms with Crippen molar-refractivity contribution in [1.82, 2.24) is 0 Å². The number of ether oxygens (including phenoxy) is 2. The smallest absolute Gasteiger partial charge is 0.129 e. The van der Waals surface area contributed by atoms with E-state index in [0.29, 0.717) is 13.2 Å². The van der Waals surface area contributed by atoms with Gasteiger partial charge in [0.1, 0.15) is 11.2 Å². The van der Waals surface area contributed by atoms with Crippen LogP contribution in [0.15, 0.2) is 6.07 Å². The van der Waals surface area contributed by atoms with E-state index < -0.39 is 5.41 Å². The molecule has 1 fully saturated rings. The number of hydrogen-bond donors (Lipinski definition) is 0. The normalized spacial score (nSPS) is 17.1. The molecule has 0 N–H and O–H groups in total. The van der Waals surface area contributed by atoms with Gasteiger partial charge in [0.15, 0.2) is 0 Å². The predicted molar refractivity (Wildman–Crippen MR) is 65.3 cm³/mol. The number of nitriles is 1. The number of aryl methyl sites for hydroxylation is 1. The van der Waals surface area contributed by atoms with Gasteiger partial charge in [0.2, 0.25) is 0 Å². The van der Waals surface area contributed by atoms with E-state index in [4.69, 9.17) is 9.47 Å². The second kappa shape index (κ2) is 4.05. The maximum absolute atomic E-state index is 9.36. The topological polar surface area (TPSA) is 42.2 Å². The number of benzene rings is 1. The minimum atomic E-state index is -0.453. The maximum atomic E-state index is 9.36. The van der Waals surface area contributed by atoms with Crippen molar-refractivity contribution in [1.29, 1.82) is 5.26 Å². The average Bonchev–Trinajstić information content (AvgIpc) is 2.25. The Balaban J connectivity index is 2.61. The second-order valence-corrected chi connectivity index (χ2v) is 4.71. The summed E-state index contributed by atoms with van der Waals surface area (Å²) in [6.45, 7) is 7.09. The molecule has 0 atom stereocenters. The molecule has 2 rings (SSSR count). The first-order chi connectivity index (χ1) is 8.05. The summed E-state index contributed by atoms with van der Waals surface area (Å²) in [5.41, 5.74) is 3.96. The molecule has 3 heteroatoms. The SMILES string of the molecule is COc1c(C)cc(C2(C#N)COC2)c(C)c1C. The molecule has 1 aromatic rings. The Bertz CT molecular complexity index is 496. The van der Waals surface area contributed by atoms with Gasteiger partial charge >= 0.3 is 0 Å². The average molecular weight is 231 g/mol. The summed E-state index contributed by atoms with van der Waals surface area (Å²) in [4.78, 5) is 0. The Morgan fingerprint density at radius 1 is 1.29 bits per heavy atom. The highest BCUT2D eigenvalue weighted by atomic mass is 16.5. The molecule has 1 aliphatic heterocycles. The Morgan fingerprint density at radius 2 is 1.94 bits per heavy atom. The second-order valence-electron chi connectivity index (χ2n) is 4.71. The van der Waals surface area contributed by atoms with E-state index in [1.54, 1.807) is 7.11 Å². The van der Waals surface area contributed by atoms with Gasteiger partial charge in [0, 0.05) is 0 Å². The highest BCUT2D eigenvalue weighted by Crippen LogP contribution is 2.38. The van der Waals surface area contributed by atoms with Crippen LogP contribution in [-0.2, 0) is 10.2 Å². The Hall–Kier alpha value is -1.53. The third-order valence-electron chi connectivity index (χ3n) is 3.66. The fourth-order valence-electron chi connectivity index (χ4n) is 2.46. The molecule has 0 aliphatic carbocycles. The summed E-state index contributed by atoms with van der Waals surface area (Å²) in [5.74, 6) is 0.916. The van der Waals surface area contributed by atoms with E-state index in [1.807, 2.05) is 20.8 Å². The molecule has 0 radical (unpaired) electrons. The van der Waals surface area contributed by atoms with Gasteiger partial charge in [0.25, 0.3) is 0 Å². The molecule has 1 aromatic carbocycles. The van der Waals surface area contributed by atoms with Crippen molar-refractivity contribution in [3.05, 3.63) is 28.3 Å². The van der Waals surface area contributed by atoms with E-state index >= 15 is 0 Å². The summed E-state index contributed by atoms with van der Waals surface area (Å²) in [6, 6.07) is 4.46. The molecule has 1 saturated heterocycles. The van der Waals surface area contributed by atoms with Crippen molar-refractivity contribution in [3.63, 3.8) is 0 Å². The van der Waals surface area contributed by atoms with Gasteiger partial charge in [-0.15, -0.1) is 0 Å². The van der Waals surface area contributed by atoms with Crippen molar-refractivity contribution < 1.29 is 9.47 Å². The molecule has 0 aromatic heterocycles. The Morgan fingerprint density at radius 3 is 2.35 bits per heavy atom.